The lowest BCUT2D eigenvalue weighted by atomic mass is 9.59. The molecule has 0 fully saturated rings. The smallest absolute Gasteiger partial charge is 0.0714 e. The minimum absolute atomic E-state index is 0.0985. The molecule has 16 rings (SSSR count). The van der Waals surface area contributed by atoms with Crippen LogP contribution < -0.4 is 9.80 Å². The number of fused-ring (bicyclic) bond motifs is 12. The van der Waals surface area contributed by atoms with Crippen molar-refractivity contribution in [1.29, 1.82) is 0 Å². The van der Waals surface area contributed by atoms with Crippen molar-refractivity contribution in [2.45, 2.75) is 43.9 Å². The molecule has 0 aliphatic heterocycles. The number of hydrogen-bond acceptors (Lipinski definition) is 2. The summed E-state index contributed by atoms with van der Waals surface area (Å²) in [6.07, 6.45) is 0. The Labute approximate surface area is 474 Å². The maximum absolute atomic E-state index is 2.53. The highest BCUT2D eigenvalue weighted by Gasteiger charge is 2.45. The highest BCUT2D eigenvalue weighted by atomic mass is 15.1. The van der Waals surface area contributed by atoms with Crippen LogP contribution in [0.3, 0.4) is 0 Å². The molecule has 0 saturated heterocycles. The van der Waals surface area contributed by atoms with Crippen molar-refractivity contribution in [1.82, 2.24) is 0 Å². The SMILES string of the molecule is CC1(C)c2ccccc2-c2cc(N(c3ccccc3)c3ccc4c(c3)C(c3ccccc3)(c3ccccc3)c3cccc5c3c-4cc3c4ccccc4c(N(c4ccccc4)c4ccc6c(c4)C(C)(C)c4ccccc4-6)cc53)ccc21. The van der Waals surface area contributed by atoms with E-state index in [1.165, 1.54) is 110 Å². The van der Waals surface area contributed by atoms with Crippen molar-refractivity contribution in [3.63, 3.8) is 0 Å². The maximum Gasteiger partial charge on any atom is 0.0714 e. The molecule has 384 valence electrons. The quantitative estimate of drug-likeness (QED) is 0.140. The zero-order chi connectivity index (χ0) is 54.2. The molecule has 0 heterocycles. The fraction of sp³-hybridized carbons (Fsp3) is 0.0886. The predicted octanol–water partition coefficient (Wildman–Crippen LogP) is 21.1. The number of anilines is 6. The molecule has 13 aromatic carbocycles. The second kappa shape index (κ2) is 17.6. The van der Waals surface area contributed by atoms with Crippen molar-refractivity contribution in [3.8, 4) is 33.4 Å². The molecule has 0 radical (unpaired) electrons. The molecule has 2 heteroatoms. The Morgan fingerprint density at radius 2 is 0.667 bits per heavy atom. The van der Waals surface area contributed by atoms with E-state index >= 15 is 0 Å². The summed E-state index contributed by atoms with van der Waals surface area (Å²) in [5.41, 5.74) is 24.0. The minimum Gasteiger partial charge on any atom is -0.310 e. The average Bonchev–Trinajstić information content (AvgIpc) is 2.43. The first-order valence-corrected chi connectivity index (χ1v) is 28.6. The minimum atomic E-state index is -0.706. The summed E-state index contributed by atoms with van der Waals surface area (Å²) in [7, 11) is 0. The summed E-state index contributed by atoms with van der Waals surface area (Å²) >= 11 is 0. The van der Waals surface area contributed by atoms with E-state index in [-0.39, 0.29) is 10.8 Å². The number of benzene rings is 13. The van der Waals surface area contributed by atoms with E-state index in [9.17, 15) is 0 Å². The van der Waals surface area contributed by atoms with Gasteiger partial charge in [0.1, 0.15) is 0 Å². The van der Waals surface area contributed by atoms with E-state index in [0.29, 0.717) is 0 Å². The molecule has 3 aliphatic carbocycles. The van der Waals surface area contributed by atoms with Gasteiger partial charge < -0.3 is 9.80 Å². The first kappa shape index (κ1) is 47.3. The van der Waals surface area contributed by atoms with Crippen LogP contribution in [0.1, 0.15) is 72.2 Å². The molecule has 0 N–H and O–H groups in total. The third kappa shape index (κ3) is 6.74. The number of nitrogens with zero attached hydrogens (tertiary/aromatic N) is 2. The lowest BCUT2D eigenvalue weighted by Gasteiger charge is -2.43. The van der Waals surface area contributed by atoms with Crippen LogP contribution in [-0.2, 0) is 16.2 Å². The van der Waals surface area contributed by atoms with Crippen molar-refractivity contribution in [2.75, 3.05) is 9.80 Å². The van der Waals surface area contributed by atoms with Gasteiger partial charge in [-0.2, -0.15) is 0 Å². The normalized spacial score (nSPS) is 14.5. The van der Waals surface area contributed by atoms with Crippen molar-refractivity contribution >= 4 is 66.4 Å². The van der Waals surface area contributed by atoms with E-state index in [1.807, 2.05) is 0 Å². The topological polar surface area (TPSA) is 6.48 Å². The van der Waals surface area contributed by atoms with Gasteiger partial charge in [0.2, 0.25) is 0 Å². The summed E-state index contributed by atoms with van der Waals surface area (Å²) in [4.78, 5) is 4.98. The van der Waals surface area contributed by atoms with Crippen molar-refractivity contribution < 1.29 is 0 Å². The zero-order valence-electron chi connectivity index (χ0n) is 46.0. The lowest BCUT2D eigenvalue weighted by Crippen LogP contribution is -2.34. The molecule has 0 saturated carbocycles. The van der Waals surface area contributed by atoms with E-state index in [4.69, 9.17) is 0 Å². The Kier molecular flexibility index (Phi) is 10.3. The molecule has 2 nitrogen and oxygen atoms in total. The van der Waals surface area contributed by atoms with Crippen LogP contribution >= 0.6 is 0 Å². The highest BCUT2D eigenvalue weighted by Crippen LogP contribution is 2.59. The van der Waals surface area contributed by atoms with Crippen LogP contribution in [0.2, 0.25) is 0 Å². The van der Waals surface area contributed by atoms with E-state index in [1.54, 1.807) is 0 Å². The Morgan fingerprint density at radius 1 is 0.235 bits per heavy atom. The molecule has 13 aromatic rings. The van der Waals surface area contributed by atoms with Crippen LogP contribution in [-0.4, -0.2) is 0 Å². The Morgan fingerprint density at radius 3 is 1.32 bits per heavy atom. The Hall–Kier alpha value is -9.76. The van der Waals surface area contributed by atoms with Gasteiger partial charge in [0.15, 0.2) is 0 Å². The van der Waals surface area contributed by atoms with Gasteiger partial charge >= 0.3 is 0 Å². The molecule has 0 amide bonds. The fourth-order valence-corrected chi connectivity index (χ4v) is 15.0. The molecule has 0 unspecified atom stereocenters. The second-order valence-electron chi connectivity index (χ2n) is 23.5. The lowest BCUT2D eigenvalue weighted by molar-refractivity contribution is 0.660. The number of para-hydroxylation sites is 2. The molecule has 0 aromatic heterocycles. The van der Waals surface area contributed by atoms with Crippen molar-refractivity contribution in [2.24, 2.45) is 0 Å². The van der Waals surface area contributed by atoms with E-state index in [0.717, 1.165) is 34.1 Å². The van der Waals surface area contributed by atoms with Gasteiger partial charge in [-0.15, -0.1) is 0 Å². The average molecular weight is 1040 g/mol. The van der Waals surface area contributed by atoms with Crippen LogP contribution in [0.5, 0.6) is 0 Å². The monoisotopic (exact) mass is 1030 g/mol. The summed E-state index contributed by atoms with van der Waals surface area (Å²) in [5, 5.41) is 7.41. The molecule has 81 heavy (non-hydrogen) atoms. The standard InChI is InChI=1S/C79H58N2/c1-77(2)70-38-22-20-34-60(70)67-46-55(42-45-71(67)77)80(53-28-13-7-14-29-53)56-40-44-62-68-49-65-58-32-17-18-35-63(58)75(81(54-30-15-8-16-31-54)57-41-43-61-59-33-19-21-37-69(59)78(3,4)73(61)47-57)50-66(65)64-36-23-39-72(76(64)68)79(74(62)48-56,51-24-9-5-10-25-51)52-26-11-6-12-27-52/h5-50H,1-4H3. The van der Waals surface area contributed by atoms with Gasteiger partial charge in [-0.25, -0.2) is 0 Å². The van der Waals surface area contributed by atoms with Crippen LogP contribution in [0.25, 0.3) is 65.7 Å². The number of hydrogen-bond donors (Lipinski definition) is 0. The van der Waals surface area contributed by atoms with Gasteiger partial charge in [-0.1, -0.05) is 234 Å². The third-order valence-electron chi connectivity index (χ3n) is 18.7. The maximum atomic E-state index is 2.53. The second-order valence-corrected chi connectivity index (χ2v) is 23.5. The first-order valence-electron chi connectivity index (χ1n) is 28.6. The molecule has 3 aliphatic rings. The Bertz CT molecular complexity index is 4650. The van der Waals surface area contributed by atoms with Crippen LogP contribution in [0.15, 0.2) is 279 Å². The number of rotatable bonds is 8. The zero-order valence-corrected chi connectivity index (χ0v) is 46.0. The largest absolute Gasteiger partial charge is 0.310 e. The van der Waals surface area contributed by atoms with Crippen molar-refractivity contribution in [3.05, 3.63) is 324 Å². The summed E-state index contributed by atoms with van der Waals surface area (Å²) in [6, 6.07) is 105. The molecule has 0 atom stereocenters. The van der Waals surface area contributed by atoms with Gasteiger partial charge in [-0.3, -0.25) is 0 Å². The third-order valence-corrected chi connectivity index (χ3v) is 18.7. The van der Waals surface area contributed by atoms with Crippen LogP contribution in [0.4, 0.5) is 34.1 Å². The summed E-state index contributed by atoms with van der Waals surface area (Å²) < 4.78 is 0. The predicted molar refractivity (Wildman–Crippen MR) is 341 cm³/mol. The van der Waals surface area contributed by atoms with E-state index in [2.05, 4.69) is 317 Å². The van der Waals surface area contributed by atoms with Gasteiger partial charge in [0, 0.05) is 44.7 Å². The van der Waals surface area contributed by atoms with Gasteiger partial charge in [-0.05, 0) is 178 Å². The van der Waals surface area contributed by atoms with E-state index < -0.39 is 5.41 Å². The fourth-order valence-electron chi connectivity index (χ4n) is 15.0. The molecule has 0 bridgehead atoms. The summed E-state index contributed by atoms with van der Waals surface area (Å²) in [5.74, 6) is 0. The molecular weight excluding hydrogens is 977 g/mol. The van der Waals surface area contributed by atoms with Crippen LogP contribution in [0, 0.1) is 0 Å². The van der Waals surface area contributed by atoms with Gasteiger partial charge in [0.25, 0.3) is 0 Å². The Balaban J connectivity index is 0.973. The molecule has 0 spiro atoms. The first-order chi connectivity index (χ1) is 39.7. The highest BCUT2D eigenvalue weighted by molar-refractivity contribution is 6.26. The summed E-state index contributed by atoms with van der Waals surface area (Å²) in [6.45, 7) is 9.48. The molecular formula is C79H58N2. The van der Waals surface area contributed by atoms with Gasteiger partial charge in [0.05, 0.1) is 11.1 Å².